The lowest BCUT2D eigenvalue weighted by Gasteiger charge is -2.33. The van der Waals surface area contributed by atoms with E-state index in [9.17, 15) is 0 Å². The molecule has 5 nitrogen and oxygen atoms in total. The molecule has 0 aromatic rings. The van der Waals surface area contributed by atoms with Crippen LogP contribution in [0.4, 0.5) is 0 Å². The molecular weight excluding hydrogens is 194 g/mol. The Bertz CT molecular complexity index is 195. The lowest BCUT2D eigenvalue weighted by atomic mass is 10.1. The molecule has 0 saturated carbocycles. The van der Waals surface area contributed by atoms with Crippen LogP contribution in [0.25, 0.3) is 0 Å². The summed E-state index contributed by atoms with van der Waals surface area (Å²) in [4.78, 5) is 2.17. The summed E-state index contributed by atoms with van der Waals surface area (Å²) in [6.07, 6.45) is 0.817. The van der Waals surface area contributed by atoms with Gasteiger partial charge in [-0.05, 0) is 20.3 Å². The van der Waals surface area contributed by atoms with Crippen molar-refractivity contribution in [1.29, 1.82) is 0 Å². The quantitative estimate of drug-likeness (QED) is 0.287. The van der Waals surface area contributed by atoms with Gasteiger partial charge in [0.2, 0.25) is 0 Å². The number of rotatable bonds is 7. The second kappa shape index (κ2) is 7.48. The van der Waals surface area contributed by atoms with Crippen molar-refractivity contribution in [3.05, 3.63) is 0 Å². The van der Waals surface area contributed by atoms with E-state index in [1.807, 2.05) is 6.92 Å². The molecule has 0 saturated heterocycles. The molecule has 0 aromatic carbocycles. The van der Waals surface area contributed by atoms with Crippen molar-refractivity contribution in [1.82, 2.24) is 4.90 Å². The maximum absolute atomic E-state index is 8.70. The van der Waals surface area contributed by atoms with E-state index in [0.29, 0.717) is 12.6 Å². The molecule has 0 radical (unpaired) electrons. The topological polar surface area (TPSA) is 71.1 Å². The van der Waals surface area contributed by atoms with Gasteiger partial charge in [-0.2, -0.15) is 0 Å². The van der Waals surface area contributed by atoms with E-state index in [-0.39, 0.29) is 11.9 Å². The first-order valence-electron chi connectivity index (χ1n) is 5.30. The summed E-state index contributed by atoms with van der Waals surface area (Å²) in [7, 11) is 1.67. The van der Waals surface area contributed by atoms with Crippen LogP contribution < -0.4 is 5.73 Å². The third-order valence-corrected chi connectivity index (χ3v) is 2.46. The van der Waals surface area contributed by atoms with Gasteiger partial charge in [0.15, 0.2) is 5.84 Å². The summed E-state index contributed by atoms with van der Waals surface area (Å²) in [5, 5.41) is 11.8. The lowest BCUT2D eigenvalue weighted by Crippen LogP contribution is -2.49. The number of oxime groups is 1. The van der Waals surface area contributed by atoms with Gasteiger partial charge in [0.1, 0.15) is 0 Å². The Morgan fingerprint density at radius 1 is 1.53 bits per heavy atom. The molecule has 0 spiro atoms. The molecule has 90 valence electrons. The number of nitrogens with two attached hydrogens (primary N) is 1. The summed E-state index contributed by atoms with van der Waals surface area (Å²) in [6.45, 7) is 7.62. The van der Waals surface area contributed by atoms with Crippen LogP contribution in [-0.4, -0.2) is 48.3 Å². The van der Waals surface area contributed by atoms with Crippen molar-refractivity contribution in [2.45, 2.75) is 39.3 Å². The number of amidine groups is 1. The standard InChI is InChI=1S/C10H23N3O2/c1-5-9(10(11)12-14)13(8(2)3)6-7-15-4/h8-9,14H,5-7H2,1-4H3,(H2,11,12). The highest BCUT2D eigenvalue weighted by Crippen LogP contribution is 2.09. The van der Waals surface area contributed by atoms with Gasteiger partial charge in [-0.15, -0.1) is 0 Å². The maximum Gasteiger partial charge on any atom is 0.156 e. The van der Waals surface area contributed by atoms with E-state index >= 15 is 0 Å². The lowest BCUT2D eigenvalue weighted by molar-refractivity contribution is 0.113. The predicted octanol–water partition coefficient (Wildman–Crippen LogP) is 0.868. The zero-order chi connectivity index (χ0) is 11.8. The van der Waals surface area contributed by atoms with Gasteiger partial charge < -0.3 is 15.7 Å². The highest BCUT2D eigenvalue weighted by atomic mass is 16.5. The molecule has 1 atom stereocenters. The number of hydrogen-bond donors (Lipinski definition) is 2. The molecule has 0 bridgehead atoms. The molecule has 0 rings (SSSR count). The average molecular weight is 217 g/mol. The van der Waals surface area contributed by atoms with Crippen molar-refractivity contribution >= 4 is 5.84 Å². The summed E-state index contributed by atoms with van der Waals surface area (Å²) < 4.78 is 5.05. The van der Waals surface area contributed by atoms with E-state index < -0.39 is 0 Å². The fraction of sp³-hybridized carbons (Fsp3) is 0.900. The van der Waals surface area contributed by atoms with Crippen LogP contribution in [-0.2, 0) is 4.74 Å². The van der Waals surface area contributed by atoms with Crippen molar-refractivity contribution in [3.8, 4) is 0 Å². The van der Waals surface area contributed by atoms with E-state index in [1.165, 1.54) is 0 Å². The van der Waals surface area contributed by atoms with Gasteiger partial charge in [0, 0.05) is 19.7 Å². The van der Waals surface area contributed by atoms with Crippen molar-refractivity contribution in [2.75, 3.05) is 20.3 Å². The summed E-state index contributed by atoms with van der Waals surface area (Å²) in [5.74, 6) is 0.266. The second-order valence-corrected chi connectivity index (χ2v) is 3.77. The van der Waals surface area contributed by atoms with Gasteiger partial charge >= 0.3 is 0 Å². The Hall–Kier alpha value is -0.810. The Morgan fingerprint density at radius 3 is 2.47 bits per heavy atom. The van der Waals surface area contributed by atoms with Crippen molar-refractivity contribution in [3.63, 3.8) is 0 Å². The molecule has 15 heavy (non-hydrogen) atoms. The first kappa shape index (κ1) is 14.2. The van der Waals surface area contributed by atoms with Crippen LogP contribution in [0.5, 0.6) is 0 Å². The highest BCUT2D eigenvalue weighted by molar-refractivity contribution is 5.85. The predicted molar refractivity (Wildman–Crippen MR) is 61.2 cm³/mol. The smallest absolute Gasteiger partial charge is 0.156 e. The fourth-order valence-electron chi connectivity index (χ4n) is 1.65. The van der Waals surface area contributed by atoms with E-state index in [4.69, 9.17) is 15.7 Å². The summed E-state index contributed by atoms with van der Waals surface area (Å²) in [6, 6.07) is 0.315. The van der Waals surface area contributed by atoms with Crippen LogP contribution in [0, 0.1) is 0 Å². The molecule has 0 aromatic heterocycles. The minimum atomic E-state index is -0.0230. The minimum Gasteiger partial charge on any atom is -0.409 e. The van der Waals surface area contributed by atoms with Gasteiger partial charge in [-0.25, -0.2) is 0 Å². The number of methoxy groups -OCH3 is 1. The van der Waals surface area contributed by atoms with Crippen molar-refractivity contribution < 1.29 is 9.94 Å². The number of hydrogen-bond acceptors (Lipinski definition) is 4. The van der Waals surface area contributed by atoms with Gasteiger partial charge in [-0.3, -0.25) is 4.90 Å². The largest absolute Gasteiger partial charge is 0.409 e. The van der Waals surface area contributed by atoms with Gasteiger partial charge in [0.05, 0.1) is 12.6 Å². The number of nitrogens with zero attached hydrogens (tertiary/aromatic N) is 2. The van der Waals surface area contributed by atoms with E-state index in [2.05, 4.69) is 23.9 Å². The highest BCUT2D eigenvalue weighted by Gasteiger charge is 2.22. The maximum atomic E-state index is 8.70. The molecule has 0 aliphatic carbocycles. The van der Waals surface area contributed by atoms with Gasteiger partial charge in [0.25, 0.3) is 0 Å². The zero-order valence-corrected chi connectivity index (χ0v) is 10.1. The number of ether oxygens (including phenoxy) is 1. The Labute approximate surface area is 91.9 Å². The van der Waals surface area contributed by atoms with Gasteiger partial charge in [-0.1, -0.05) is 12.1 Å². The summed E-state index contributed by atoms with van der Waals surface area (Å²) in [5.41, 5.74) is 5.66. The molecule has 0 aliphatic heterocycles. The fourth-order valence-corrected chi connectivity index (χ4v) is 1.65. The summed E-state index contributed by atoms with van der Waals surface area (Å²) >= 11 is 0. The Morgan fingerprint density at radius 2 is 2.13 bits per heavy atom. The minimum absolute atomic E-state index is 0.0230. The zero-order valence-electron chi connectivity index (χ0n) is 10.1. The normalized spacial score (nSPS) is 14.9. The third-order valence-electron chi connectivity index (χ3n) is 2.46. The van der Waals surface area contributed by atoms with Crippen LogP contribution in [0.3, 0.4) is 0 Å². The van der Waals surface area contributed by atoms with Crippen LogP contribution in [0.15, 0.2) is 5.16 Å². The molecule has 5 heteroatoms. The molecular formula is C10H23N3O2. The van der Waals surface area contributed by atoms with Crippen LogP contribution in [0.2, 0.25) is 0 Å². The molecule has 0 heterocycles. The van der Waals surface area contributed by atoms with Crippen molar-refractivity contribution in [2.24, 2.45) is 10.9 Å². The Balaban J connectivity index is 4.55. The monoisotopic (exact) mass is 217 g/mol. The molecule has 0 aliphatic rings. The molecule has 3 N–H and O–H groups in total. The molecule has 0 amide bonds. The van der Waals surface area contributed by atoms with Crippen LogP contribution in [0.1, 0.15) is 27.2 Å². The van der Waals surface area contributed by atoms with E-state index in [1.54, 1.807) is 7.11 Å². The average Bonchev–Trinajstić information content (AvgIpc) is 2.22. The molecule has 1 unspecified atom stereocenters. The SMILES string of the molecule is CCC(C(N)=NO)N(CCOC)C(C)C. The third kappa shape index (κ3) is 4.48. The van der Waals surface area contributed by atoms with E-state index in [0.717, 1.165) is 13.0 Å². The first-order valence-corrected chi connectivity index (χ1v) is 5.30. The Kier molecular flexibility index (Phi) is 7.07. The molecule has 0 fully saturated rings. The van der Waals surface area contributed by atoms with Crippen LogP contribution >= 0.6 is 0 Å². The first-order chi connectivity index (χ1) is 7.08. The second-order valence-electron chi connectivity index (χ2n) is 3.77.